The fraction of sp³-hybridized carbons (Fsp3) is 0.647. The van der Waals surface area contributed by atoms with Crippen molar-refractivity contribution < 1.29 is 0 Å². The fourth-order valence-electron chi connectivity index (χ4n) is 1.85. The van der Waals surface area contributed by atoms with Crippen molar-refractivity contribution in [3.05, 3.63) is 37.0 Å². The van der Waals surface area contributed by atoms with Crippen molar-refractivity contribution in [3.8, 4) is 0 Å². The van der Waals surface area contributed by atoms with Gasteiger partial charge in [-0.15, -0.1) is 0 Å². The largest absolute Gasteiger partial charge is 0.0990 e. The fourth-order valence-corrected chi connectivity index (χ4v) is 1.85. The summed E-state index contributed by atoms with van der Waals surface area (Å²) in [5, 5.41) is 0. The molecule has 0 aliphatic carbocycles. The second kappa shape index (κ2) is 15.2. The summed E-state index contributed by atoms with van der Waals surface area (Å²) < 4.78 is 0. The first-order chi connectivity index (χ1) is 8.41. The molecule has 0 aliphatic heterocycles. The van der Waals surface area contributed by atoms with Crippen LogP contribution in [0, 0.1) is 6.08 Å². The number of hydrogen-bond donors (Lipinski definition) is 0. The average Bonchev–Trinajstić information content (AvgIpc) is 2.35. The van der Waals surface area contributed by atoms with E-state index < -0.39 is 0 Å². The van der Waals surface area contributed by atoms with E-state index >= 15 is 0 Å². The molecule has 0 aromatic heterocycles. The molecule has 97 valence electrons. The van der Waals surface area contributed by atoms with Crippen LogP contribution in [0.5, 0.6) is 0 Å². The quantitative estimate of drug-likeness (QED) is 0.286. The van der Waals surface area contributed by atoms with Crippen LogP contribution >= 0.6 is 0 Å². The normalized spacial score (nSPS) is 11.6. The van der Waals surface area contributed by atoms with E-state index in [4.69, 9.17) is 0 Å². The van der Waals surface area contributed by atoms with Crippen molar-refractivity contribution >= 4 is 0 Å². The maximum atomic E-state index is 3.60. The van der Waals surface area contributed by atoms with Crippen molar-refractivity contribution in [1.29, 1.82) is 0 Å². The van der Waals surface area contributed by atoms with Crippen molar-refractivity contribution in [2.45, 2.75) is 71.1 Å². The van der Waals surface area contributed by atoms with Gasteiger partial charge in [0.15, 0.2) is 0 Å². The molecular weight excluding hydrogens is 204 g/mol. The number of hydrogen-bond acceptors (Lipinski definition) is 0. The molecule has 0 amide bonds. The molecule has 0 bridgehead atoms. The third-order valence-corrected chi connectivity index (χ3v) is 2.90. The lowest BCUT2D eigenvalue weighted by atomic mass is 10.1. The zero-order valence-electron chi connectivity index (χ0n) is 11.6. The van der Waals surface area contributed by atoms with Crippen LogP contribution in [0.15, 0.2) is 30.9 Å². The van der Waals surface area contributed by atoms with Gasteiger partial charge < -0.3 is 0 Å². The molecule has 0 N–H and O–H groups in total. The molecule has 17 heavy (non-hydrogen) atoms. The lowest BCUT2D eigenvalue weighted by Crippen LogP contribution is -1.80. The maximum absolute atomic E-state index is 3.60. The second-order valence-corrected chi connectivity index (χ2v) is 4.59. The van der Waals surface area contributed by atoms with Gasteiger partial charge in [0, 0.05) is 0 Å². The van der Waals surface area contributed by atoms with E-state index in [-0.39, 0.29) is 0 Å². The summed E-state index contributed by atoms with van der Waals surface area (Å²) in [5.74, 6) is 0. The molecule has 0 heteroatoms. The highest BCUT2D eigenvalue weighted by molar-refractivity contribution is 5.02. The van der Waals surface area contributed by atoms with Crippen LogP contribution in [0.3, 0.4) is 0 Å². The van der Waals surface area contributed by atoms with Crippen LogP contribution in [-0.4, -0.2) is 0 Å². The van der Waals surface area contributed by atoms with Crippen LogP contribution in [-0.2, 0) is 0 Å². The predicted molar refractivity (Wildman–Crippen MR) is 79.0 cm³/mol. The standard InChI is InChI=1S/C17H29/c1-3-5-7-9-11-13-15-17-16-14-12-10-8-6-4-2/h3,5,9,11H,1,4,6,8,10,12-17H2,2H3/b7-5?,11-9+. The maximum Gasteiger partial charge on any atom is -0.0188 e. The highest BCUT2D eigenvalue weighted by Gasteiger charge is 1.90. The molecule has 0 heterocycles. The van der Waals surface area contributed by atoms with Crippen LogP contribution in [0.4, 0.5) is 0 Å². The molecule has 0 rings (SSSR count). The average molecular weight is 233 g/mol. The van der Waals surface area contributed by atoms with Gasteiger partial charge in [-0.3, -0.25) is 0 Å². The van der Waals surface area contributed by atoms with E-state index in [1.165, 1.54) is 64.2 Å². The van der Waals surface area contributed by atoms with Crippen molar-refractivity contribution in [3.63, 3.8) is 0 Å². The predicted octanol–water partition coefficient (Wildman–Crippen LogP) is 6.01. The zero-order valence-corrected chi connectivity index (χ0v) is 11.6. The molecule has 0 aromatic carbocycles. The highest BCUT2D eigenvalue weighted by atomic mass is 14.0. The topological polar surface area (TPSA) is 0 Å². The zero-order chi connectivity index (χ0) is 12.6. The molecule has 1 radical (unpaired) electrons. The molecular formula is C17H29. The minimum atomic E-state index is 1.19. The molecule has 0 saturated carbocycles. The molecule has 0 spiro atoms. The summed E-state index contributed by atoms with van der Waals surface area (Å²) in [6, 6.07) is 0. The number of unbranched alkanes of at least 4 members (excludes halogenated alkanes) is 9. The van der Waals surface area contributed by atoms with Crippen molar-refractivity contribution in [2.75, 3.05) is 0 Å². The Balaban J connectivity index is 3.05. The van der Waals surface area contributed by atoms with Crippen molar-refractivity contribution in [2.24, 2.45) is 0 Å². The monoisotopic (exact) mass is 233 g/mol. The van der Waals surface area contributed by atoms with Gasteiger partial charge in [-0.25, -0.2) is 0 Å². The Hall–Kier alpha value is -0.780. The first-order valence-corrected chi connectivity index (χ1v) is 7.27. The molecule has 0 unspecified atom stereocenters. The van der Waals surface area contributed by atoms with E-state index in [9.17, 15) is 0 Å². The van der Waals surface area contributed by atoms with Gasteiger partial charge in [-0.05, 0) is 18.9 Å². The summed E-state index contributed by atoms with van der Waals surface area (Å²) in [7, 11) is 0. The van der Waals surface area contributed by atoms with E-state index in [1.54, 1.807) is 6.08 Å². The smallest absolute Gasteiger partial charge is 0.0188 e. The molecule has 0 saturated heterocycles. The van der Waals surface area contributed by atoms with E-state index in [0.717, 1.165) is 0 Å². The number of allylic oxidation sites excluding steroid dienone is 5. The van der Waals surface area contributed by atoms with Crippen molar-refractivity contribution in [1.82, 2.24) is 0 Å². The Bertz CT molecular complexity index is 198. The summed E-state index contributed by atoms with van der Waals surface area (Å²) in [6.45, 7) is 5.88. The third-order valence-electron chi connectivity index (χ3n) is 2.90. The molecule has 0 fully saturated rings. The second-order valence-electron chi connectivity index (χ2n) is 4.59. The Morgan fingerprint density at radius 2 is 1.47 bits per heavy atom. The minimum Gasteiger partial charge on any atom is -0.0990 e. The summed E-state index contributed by atoms with van der Waals surface area (Å²) in [5.41, 5.74) is 0. The molecule has 0 nitrogen and oxygen atoms in total. The number of rotatable bonds is 12. The van der Waals surface area contributed by atoms with Crippen LogP contribution in [0.25, 0.3) is 0 Å². The Morgan fingerprint density at radius 3 is 2.06 bits per heavy atom. The SMILES string of the molecule is C=C/C=[C]/C=C/CCCCCCCCCCC. The van der Waals surface area contributed by atoms with Crippen LogP contribution in [0.2, 0.25) is 0 Å². The van der Waals surface area contributed by atoms with Gasteiger partial charge in [0.1, 0.15) is 0 Å². The first kappa shape index (κ1) is 16.2. The summed E-state index contributed by atoms with van der Waals surface area (Å²) in [4.78, 5) is 0. The molecule has 0 aromatic rings. The van der Waals surface area contributed by atoms with Gasteiger partial charge in [-0.2, -0.15) is 0 Å². The highest BCUT2D eigenvalue weighted by Crippen LogP contribution is 2.10. The lowest BCUT2D eigenvalue weighted by molar-refractivity contribution is 0.566. The van der Waals surface area contributed by atoms with Gasteiger partial charge in [0.05, 0.1) is 0 Å². The molecule has 0 atom stereocenters. The Morgan fingerprint density at radius 1 is 0.882 bits per heavy atom. The van der Waals surface area contributed by atoms with Crippen LogP contribution in [0.1, 0.15) is 71.1 Å². The molecule has 0 aliphatic rings. The van der Waals surface area contributed by atoms with Gasteiger partial charge in [-0.1, -0.05) is 89.2 Å². The first-order valence-electron chi connectivity index (χ1n) is 7.27. The summed E-state index contributed by atoms with van der Waals surface area (Å²) in [6.07, 6.45) is 24.6. The Kier molecular flexibility index (Phi) is 14.5. The summed E-state index contributed by atoms with van der Waals surface area (Å²) >= 11 is 0. The van der Waals surface area contributed by atoms with E-state index in [0.29, 0.717) is 0 Å². The van der Waals surface area contributed by atoms with Gasteiger partial charge in [0.2, 0.25) is 0 Å². The van der Waals surface area contributed by atoms with E-state index in [1.807, 2.05) is 12.2 Å². The minimum absolute atomic E-state index is 1.19. The van der Waals surface area contributed by atoms with Gasteiger partial charge in [0.25, 0.3) is 0 Å². The third kappa shape index (κ3) is 15.2. The van der Waals surface area contributed by atoms with E-state index in [2.05, 4.69) is 25.7 Å². The van der Waals surface area contributed by atoms with Crippen LogP contribution < -0.4 is 0 Å². The Labute approximate surface area is 109 Å². The lowest BCUT2D eigenvalue weighted by Gasteiger charge is -2.00. The van der Waals surface area contributed by atoms with Gasteiger partial charge >= 0.3 is 0 Å².